The first-order chi connectivity index (χ1) is 12.1. The van der Waals surface area contributed by atoms with Crippen molar-refractivity contribution in [3.8, 4) is 17.1 Å². The number of carbonyl (C=O) groups excluding carboxylic acids is 1. The van der Waals surface area contributed by atoms with Crippen LogP contribution in [0.1, 0.15) is 22.5 Å². The number of rotatable bonds is 2. The van der Waals surface area contributed by atoms with Crippen LogP contribution in [0.5, 0.6) is 5.75 Å². The Balaban J connectivity index is 1.69. The molecule has 0 aliphatic carbocycles. The van der Waals surface area contributed by atoms with Crippen LogP contribution in [-0.4, -0.2) is 17.6 Å². The summed E-state index contributed by atoms with van der Waals surface area (Å²) in [6, 6.07) is 14.6. The molecule has 4 nitrogen and oxygen atoms in total. The molecule has 0 bridgehead atoms. The van der Waals surface area contributed by atoms with Gasteiger partial charge in [0.15, 0.2) is 5.76 Å². The molecule has 0 unspecified atom stereocenters. The third-order valence-corrected chi connectivity index (χ3v) is 4.40. The van der Waals surface area contributed by atoms with Gasteiger partial charge >= 0.3 is 0 Å². The van der Waals surface area contributed by atoms with Crippen molar-refractivity contribution in [1.29, 1.82) is 0 Å². The average molecular weight is 337 g/mol. The summed E-state index contributed by atoms with van der Waals surface area (Å²) in [5.41, 5.74) is 1.77. The van der Waals surface area contributed by atoms with Crippen molar-refractivity contribution in [2.75, 3.05) is 11.4 Å². The molecule has 1 amide bonds. The predicted molar refractivity (Wildman–Crippen MR) is 92.2 cm³/mol. The van der Waals surface area contributed by atoms with E-state index < -0.39 is 5.82 Å². The van der Waals surface area contributed by atoms with Gasteiger partial charge in [-0.05, 0) is 48.7 Å². The van der Waals surface area contributed by atoms with Crippen LogP contribution in [0.25, 0.3) is 11.3 Å². The summed E-state index contributed by atoms with van der Waals surface area (Å²) in [5.74, 6) is -0.251. The third-order valence-electron chi connectivity index (χ3n) is 4.40. The van der Waals surface area contributed by atoms with E-state index in [9.17, 15) is 14.3 Å². The van der Waals surface area contributed by atoms with Crippen LogP contribution >= 0.6 is 0 Å². The van der Waals surface area contributed by atoms with E-state index in [2.05, 4.69) is 0 Å². The van der Waals surface area contributed by atoms with Crippen LogP contribution in [0.15, 0.2) is 59.0 Å². The van der Waals surface area contributed by atoms with E-state index in [4.69, 9.17) is 4.42 Å². The lowest BCUT2D eigenvalue weighted by atomic mass is 10.0. The quantitative estimate of drug-likeness (QED) is 0.755. The maximum Gasteiger partial charge on any atom is 0.294 e. The highest BCUT2D eigenvalue weighted by atomic mass is 19.1. The zero-order chi connectivity index (χ0) is 17.4. The van der Waals surface area contributed by atoms with Crippen LogP contribution < -0.4 is 4.90 Å². The summed E-state index contributed by atoms with van der Waals surface area (Å²) >= 11 is 0. The molecule has 25 heavy (non-hydrogen) atoms. The second-order valence-corrected chi connectivity index (χ2v) is 5.99. The molecule has 3 aromatic rings. The maximum absolute atomic E-state index is 13.9. The van der Waals surface area contributed by atoms with Gasteiger partial charge in [0.25, 0.3) is 5.91 Å². The summed E-state index contributed by atoms with van der Waals surface area (Å²) in [6.07, 6.45) is 1.62. The first-order valence-electron chi connectivity index (χ1n) is 8.12. The van der Waals surface area contributed by atoms with Gasteiger partial charge in [0.05, 0.1) is 11.3 Å². The molecule has 2 aromatic carbocycles. The molecule has 1 N–H and O–H groups in total. The van der Waals surface area contributed by atoms with E-state index in [1.54, 1.807) is 42.5 Å². The molecule has 1 aliphatic rings. The summed E-state index contributed by atoms with van der Waals surface area (Å²) in [5, 5.41) is 10.2. The van der Waals surface area contributed by atoms with Crippen molar-refractivity contribution in [3.05, 3.63) is 71.7 Å². The number of para-hydroxylation sites is 1. The molecule has 0 saturated carbocycles. The van der Waals surface area contributed by atoms with Crippen molar-refractivity contribution < 1.29 is 18.7 Å². The van der Waals surface area contributed by atoms with Gasteiger partial charge in [-0.3, -0.25) is 4.79 Å². The van der Waals surface area contributed by atoms with Crippen molar-refractivity contribution in [2.45, 2.75) is 12.8 Å². The Bertz CT molecular complexity index is 948. The second-order valence-electron chi connectivity index (χ2n) is 5.99. The Morgan fingerprint density at radius 2 is 1.92 bits per heavy atom. The largest absolute Gasteiger partial charge is 0.506 e. The molecule has 0 atom stereocenters. The van der Waals surface area contributed by atoms with E-state index in [1.807, 2.05) is 6.07 Å². The SMILES string of the molecule is O=C(c1ccc(-c2ccccc2F)o1)N1CCCc2cccc(O)c21. The van der Waals surface area contributed by atoms with Crippen molar-refractivity contribution in [2.24, 2.45) is 0 Å². The lowest BCUT2D eigenvalue weighted by molar-refractivity contribution is 0.0958. The maximum atomic E-state index is 13.9. The van der Waals surface area contributed by atoms with Gasteiger partial charge in [-0.25, -0.2) is 4.39 Å². The summed E-state index contributed by atoms with van der Waals surface area (Å²) < 4.78 is 19.5. The minimum atomic E-state index is -0.406. The number of anilines is 1. The van der Waals surface area contributed by atoms with Gasteiger partial charge in [0, 0.05) is 6.54 Å². The van der Waals surface area contributed by atoms with E-state index in [0.717, 1.165) is 18.4 Å². The number of carbonyl (C=O) groups is 1. The van der Waals surface area contributed by atoms with Gasteiger partial charge < -0.3 is 14.4 Å². The highest BCUT2D eigenvalue weighted by molar-refractivity contribution is 6.06. The number of phenolic OH excluding ortho intramolecular Hbond substituents is 1. The molecule has 1 aliphatic heterocycles. The summed E-state index contributed by atoms with van der Waals surface area (Å²) in [7, 11) is 0. The number of furan rings is 1. The molecule has 0 saturated heterocycles. The zero-order valence-corrected chi connectivity index (χ0v) is 13.4. The fourth-order valence-corrected chi connectivity index (χ4v) is 3.23. The van der Waals surface area contributed by atoms with Gasteiger partial charge in [0.2, 0.25) is 0 Å². The van der Waals surface area contributed by atoms with Crippen LogP contribution in [0.3, 0.4) is 0 Å². The highest BCUT2D eigenvalue weighted by Crippen LogP contribution is 2.36. The van der Waals surface area contributed by atoms with E-state index in [-0.39, 0.29) is 17.4 Å². The van der Waals surface area contributed by atoms with Gasteiger partial charge in [-0.1, -0.05) is 24.3 Å². The van der Waals surface area contributed by atoms with Crippen molar-refractivity contribution in [1.82, 2.24) is 0 Å². The number of fused-ring (bicyclic) bond motifs is 1. The van der Waals surface area contributed by atoms with Crippen LogP contribution in [0.4, 0.5) is 10.1 Å². The minimum absolute atomic E-state index is 0.0754. The number of halogens is 1. The fraction of sp³-hybridized carbons (Fsp3) is 0.150. The molecular formula is C20H16FNO3. The molecule has 0 fully saturated rings. The third kappa shape index (κ3) is 2.67. The van der Waals surface area contributed by atoms with Crippen LogP contribution in [0.2, 0.25) is 0 Å². The van der Waals surface area contributed by atoms with E-state index >= 15 is 0 Å². The topological polar surface area (TPSA) is 53.7 Å². The second kappa shape index (κ2) is 6.09. The molecule has 1 aromatic heterocycles. The molecular weight excluding hydrogens is 321 g/mol. The Kier molecular flexibility index (Phi) is 3.76. The van der Waals surface area contributed by atoms with Crippen LogP contribution in [-0.2, 0) is 6.42 Å². The predicted octanol–water partition coefficient (Wildman–Crippen LogP) is 4.38. The number of hydrogen-bond donors (Lipinski definition) is 1. The fourth-order valence-electron chi connectivity index (χ4n) is 3.23. The number of aryl methyl sites for hydroxylation is 1. The zero-order valence-electron chi connectivity index (χ0n) is 13.4. The molecule has 2 heterocycles. The average Bonchev–Trinajstić information content (AvgIpc) is 3.11. The number of amides is 1. The van der Waals surface area contributed by atoms with Crippen molar-refractivity contribution >= 4 is 11.6 Å². The van der Waals surface area contributed by atoms with Gasteiger partial charge in [-0.15, -0.1) is 0 Å². The Morgan fingerprint density at radius 1 is 1.08 bits per heavy atom. The first kappa shape index (κ1) is 15.4. The summed E-state index contributed by atoms with van der Waals surface area (Å²) in [4.78, 5) is 14.4. The standard InChI is InChI=1S/C20H16FNO3/c21-15-8-2-1-7-14(15)17-10-11-18(25-17)20(24)22-12-4-6-13-5-3-9-16(23)19(13)22/h1-3,5,7-11,23H,4,6,12H2. The number of aromatic hydroxyl groups is 1. The van der Waals surface area contributed by atoms with Gasteiger partial charge in [0.1, 0.15) is 17.3 Å². The Labute approximate surface area is 144 Å². The smallest absolute Gasteiger partial charge is 0.294 e. The molecule has 0 radical (unpaired) electrons. The number of nitrogens with zero attached hydrogens (tertiary/aromatic N) is 1. The first-order valence-corrected chi connectivity index (χ1v) is 8.12. The Morgan fingerprint density at radius 3 is 2.76 bits per heavy atom. The number of phenols is 1. The highest BCUT2D eigenvalue weighted by Gasteiger charge is 2.28. The molecule has 5 heteroatoms. The normalized spacial score (nSPS) is 13.6. The minimum Gasteiger partial charge on any atom is -0.506 e. The Hall–Kier alpha value is -3.08. The number of benzene rings is 2. The van der Waals surface area contributed by atoms with Crippen molar-refractivity contribution in [3.63, 3.8) is 0 Å². The molecule has 126 valence electrons. The summed E-state index contributed by atoms with van der Waals surface area (Å²) in [6.45, 7) is 0.499. The van der Waals surface area contributed by atoms with Crippen LogP contribution in [0, 0.1) is 5.82 Å². The molecule has 0 spiro atoms. The van der Waals surface area contributed by atoms with E-state index in [0.29, 0.717) is 23.6 Å². The molecule has 4 rings (SSSR count). The number of hydrogen-bond acceptors (Lipinski definition) is 3. The van der Waals surface area contributed by atoms with Gasteiger partial charge in [-0.2, -0.15) is 0 Å². The van der Waals surface area contributed by atoms with E-state index in [1.165, 1.54) is 11.0 Å². The lowest BCUT2D eigenvalue weighted by Gasteiger charge is -2.29. The lowest BCUT2D eigenvalue weighted by Crippen LogP contribution is -2.35. The monoisotopic (exact) mass is 337 g/mol.